The maximum atomic E-state index is 13.2. The lowest BCUT2D eigenvalue weighted by atomic mass is 9.71. The Morgan fingerprint density at radius 1 is 0.889 bits per heavy atom. The molecule has 8 heterocycles. The fourth-order valence-corrected chi connectivity index (χ4v) is 10.9. The van der Waals surface area contributed by atoms with Gasteiger partial charge in [0.25, 0.3) is 5.91 Å². The molecule has 5 aliphatic heterocycles. The number of aryl methyl sites for hydroxylation is 1. The van der Waals surface area contributed by atoms with E-state index in [2.05, 4.69) is 67.0 Å². The van der Waals surface area contributed by atoms with Crippen molar-refractivity contribution in [2.75, 3.05) is 60.9 Å². The van der Waals surface area contributed by atoms with Crippen molar-refractivity contribution < 1.29 is 14.4 Å². The molecule has 4 saturated heterocycles. The predicted octanol–water partition coefficient (Wildman–Crippen LogP) is 4.20. The molecule has 3 N–H and O–H groups in total. The van der Waals surface area contributed by atoms with Crippen LogP contribution in [0, 0.1) is 5.41 Å². The number of hydrogen-bond acceptors (Lipinski definition) is 10. The zero-order valence-electron chi connectivity index (χ0n) is 30.7. The lowest BCUT2D eigenvalue weighted by Gasteiger charge is -2.55. The molecular weight excluding hydrogens is 703 g/mol. The lowest BCUT2D eigenvalue weighted by molar-refractivity contribution is -0.135. The highest BCUT2D eigenvalue weighted by atomic mass is 32.1. The molecule has 14 heteroatoms. The van der Waals surface area contributed by atoms with Crippen LogP contribution in [-0.2, 0) is 16.6 Å². The summed E-state index contributed by atoms with van der Waals surface area (Å²) in [4.78, 5) is 63.9. The van der Waals surface area contributed by atoms with Crippen molar-refractivity contribution in [3.63, 3.8) is 0 Å². The van der Waals surface area contributed by atoms with Crippen molar-refractivity contribution in [2.24, 2.45) is 12.5 Å². The standard InChI is InChI=1S/C40H45N9O4S/c1-23-20-41-35-34-26-4-9-32(43-27(26)5-8-31(34)54-36(35)38(52)42-23)48-21-40(22-48)13-17-47(18-14-40)24-11-15-46(16-12-24)25-3-6-28-30(19-25)45(2)39(53)49(28)29-7-10-33(50)44-37(29)51/h3-6,8-9,19,23-24,29,41H,7,10-18,20-22H2,1-2H3,(H,42,52)(H,44,50,51)/t23-,29?/m1/s1. The van der Waals surface area contributed by atoms with Crippen LogP contribution in [0.15, 0.2) is 47.3 Å². The van der Waals surface area contributed by atoms with E-state index in [0.717, 1.165) is 106 Å². The Bertz CT molecular complexity index is 2430. The third kappa shape index (κ3) is 5.39. The van der Waals surface area contributed by atoms with Crippen LogP contribution in [0.4, 0.5) is 17.2 Å². The Hall–Kier alpha value is -4.95. The first-order valence-corrected chi connectivity index (χ1v) is 20.2. The van der Waals surface area contributed by atoms with E-state index < -0.39 is 11.9 Å². The second-order valence-electron chi connectivity index (χ2n) is 16.2. The number of carbonyl (C=O) groups is 3. The van der Waals surface area contributed by atoms with Gasteiger partial charge in [0.05, 0.1) is 22.2 Å². The first kappa shape index (κ1) is 33.6. The van der Waals surface area contributed by atoms with E-state index in [-0.39, 0.29) is 30.0 Å². The van der Waals surface area contributed by atoms with Gasteiger partial charge in [-0.05, 0) is 94.6 Å². The van der Waals surface area contributed by atoms with Gasteiger partial charge >= 0.3 is 5.69 Å². The van der Waals surface area contributed by atoms with Gasteiger partial charge in [-0.1, -0.05) is 0 Å². The van der Waals surface area contributed by atoms with Crippen LogP contribution in [0.3, 0.4) is 0 Å². The smallest absolute Gasteiger partial charge is 0.329 e. The molecule has 1 unspecified atom stereocenters. The van der Waals surface area contributed by atoms with E-state index in [0.29, 0.717) is 24.4 Å². The van der Waals surface area contributed by atoms with E-state index in [1.165, 1.54) is 12.8 Å². The van der Waals surface area contributed by atoms with Crippen LogP contribution >= 0.6 is 11.3 Å². The maximum Gasteiger partial charge on any atom is 0.329 e. The second-order valence-corrected chi connectivity index (χ2v) is 17.3. The van der Waals surface area contributed by atoms with Gasteiger partial charge in [0.15, 0.2) is 0 Å². The zero-order chi connectivity index (χ0) is 36.9. The summed E-state index contributed by atoms with van der Waals surface area (Å²) < 4.78 is 4.27. The molecule has 0 bridgehead atoms. The fraction of sp³-hybridized carbons (Fsp3) is 0.475. The van der Waals surface area contributed by atoms with Crippen LogP contribution in [0.2, 0.25) is 0 Å². The molecule has 54 heavy (non-hydrogen) atoms. The van der Waals surface area contributed by atoms with E-state index in [1.54, 1.807) is 27.5 Å². The van der Waals surface area contributed by atoms with Crippen molar-refractivity contribution in [1.82, 2.24) is 29.7 Å². The summed E-state index contributed by atoms with van der Waals surface area (Å²) in [5.74, 6) is 0.334. The average Bonchev–Trinajstić information content (AvgIpc) is 3.62. The molecular formula is C40H45N9O4S. The van der Waals surface area contributed by atoms with Crippen molar-refractivity contribution >= 4 is 78.3 Å². The summed E-state index contributed by atoms with van der Waals surface area (Å²) in [7, 11) is 1.75. The van der Waals surface area contributed by atoms with Crippen LogP contribution in [0.25, 0.3) is 32.0 Å². The summed E-state index contributed by atoms with van der Waals surface area (Å²) in [6.07, 6.45) is 5.19. The number of rotatable bonds is 4. The van der Waals surface area contributed by atoms with Crippen molar-refractivity contribution in [3.05, 3.63) is 57.8 Å². The Labute approximate surface area is 316 Å². The summed E-state index contributed by atoms with van der Waals surface area (Å²) in [5, 5.41) is 11.2. The Balaban J connectivity index is 0.762. The largest absolute Gasteiger partial charge is 0.381 e. The molecule has 0 radical (unpaired) electrons. The normalized spacial score (nSPS) is 23.7. The molecule has 3 amide bonds. The SMILES string of the molecule is C[C@@H]1CNc2c(sc3ccc4nc(N5CC6(CCN(C7CCN(c8ccc9c(c8)n(C)c(=O)n9C8CCC(=O)NC8=O)CC7)CC6)C5)ccc4c23)C(=O)N1. The predicted molar refractivity (Wildman–Crippen MR) is 212 cm³/mol. The Kier molecular flexibility index (Phi) is 7.81. The topological polar surface area (TPSA) is 137 Å². The Morgan fingerprint density at radius 3 is 2.46 bits per heavy atom. The number of fused-ring (bicyclic) bond motifs is 6. The summed E-state index contributed by atoms with van der Waals surface area (Å²) in [6, 6.07) is 14.6. The van der Waals surface area contributed by atoms with Gasteiger partial charge < -0.3 is 25.3 Å². The van der Waals surface area contributed by atoms with Crippen LogP contribution < -0.4 is 31.4 Å². The maximum absolute atomic E-state index is 13.2. The minimum atomic E-state index is -0.676. The number of carbonyl (C=O) groups excluding carboxylic acids is 3. The van der Waals surface area contributed by atoms with Gasteiger partial charge in [0.2, 0.25) is 11.8 Å². The number of likely N-dealkylation sites (tertiary alicyclic amines) is 1. The van der Waals surface area contributed by atoms with Gasteiger partial charge in [-0.25, -0.2) is 9.78 Å². The zero-order valence-corrected chi connectivity index (χ0v) is 31.5. The van der Waals surface area contributed by atoms with Crippen LogP contribution in [0.5, 0.6) is 0 Å². The minimum Gasteiger partial charge on any atom is -0.381 e. The van der Waals surface area contributed by atoms with Gasteiger partial charge in [0, 0.05) is 84.9 Å². The number of pyridine rings is 1. The number of benzene rings is 2. The minimum absolute atomic E-state index is 0.00515. The third-order valence-electron chi connectivity index (χ3n) is 12.9. The van der Waals surface area contributed by atoms with E-state index in [9.17, 15) is 19.2 Å². The Morgan fingerprint density at radius 2 is 1.69 bits per heavy atom. The highest BCUT2D eigenvalue weighted by Gasteiger charge is 2.46. The third-order valence-corrected chi connectivity index (χ3v) is 14.0. The number of imidazole rings is 1. The fourth-order valence-electron chi connectivity index (χ4n) is 9.76. The molecule has 2 atom stereocenters. The number of nitrogens with one attached hydrogen (secondary N) is 3. The number of hydrogen-bond donors (Lipinski definition) is 3. The van der Waals surface area contributed by atoms with Crippen molar-refractivity contribution in [3.8, 4) is 0 Å². The number of amides is 3. The number of piperidine rings is 3. The molecule has 10 rings (SSSR count). The molecule has 2 aromatic carbocycles. The van der Waals surface area contributed by atoms with Crippen molar-refractivity contribution in [1.29, 1.82) is 0 Å². The molecule has 5 aromatic rings. The lowest BCUT2D eigenvalue weighted by Crippen LogP contribution is -2.62. The molecule has 1 spiro atoms. The summed E-state index contributed by atoms with van der Waals surface area (Å²) >= 11 is 1.55. The highest BCUT2D eigenvalue weighted by molar-refractivity contribution is 7.21. The number of nitrogens with zero attached hydrogens (tertiary/aromatic N) is 6. The van der Waals surface area contributed by atoms with Gasteiger partial charge in [-0.3, -0.25) is 28.8 Å². The van der Waals surface area contributed by atoms with Gasteiger partial charge in [0.1, 0.15) is 16.7 Å². The molecule has 5 aliphatic rings. The number of anilines is 3. The van der Waals surface area contributed by atoms with E-state index >= 15 is 0 Å². The number of aromatic nitrogens is 3. The molecule has 3 aromatic heterocycles. The molecule has 13 nitrogen and oxygen atoms in total. The molecule has 0 aliphatic carbocycles. The van der Waals surface area contributed by atoms with E-state index in [1.807, 2.05) is 13.0 Å². The highest BCUT2D eigenvalue weighted by Crippen LogP contribution is 2.45. The van der Waals surface area contributed by atoms with Gasteiger partial charge in [-0.2, -0.15) is 0 Å². The van der Waals surface area contributed by atoms with Crippen molar-refractivity contribution in [2.45, 2.75) is 63.6 Å². The first-order chi connectivity index (χ1) is 26.1. The van der Waals surface area contributed by atoms with Crippen LogP contribution in [-0.4, -0.2) is 94.6 Å². The van der Waals surface area contributed by atoms with Gasteiger partial charge in [-0.15, -0.1) is 11.3 Å². The van der Waals surface area contributed by atoms with Crippen LogP contribution in [0.1, 0.15) is 61.2 Å². The number of imide groups is 1. The average molecular weight is 748 g/mol. The molecule has 0 saturated carbocycles. The number of thiophene rings is 1. The second kappa shape index (κ2) is 12.6. The summed E-state index contributed by atoms with van der Waals surface area (Å²) in [6.45, 7) is 9.00. The monoisotopic (exact) mass is 747 g/mol. The van der Waals surface area contributed by atoms with E-state index in [4.69, 9.17) is 4.98 Å². The molecule has 4 fully saturated rings. The molecule has 280 valence electrons. The quantitative estimate of drug-likeness (QED) is 0.231. The summed E-state index contributed by atoms with van der Waals surface area (Å²) in [5.41, 5.74) is 4.64. The first-order valence-electron chi connectivity index (χ1n) is 19.3.